The maximum absolute atomic E-state index is 11.7. The lowest BCUT2D eigenvalue weighted by molar-refractivity contribution is -0.139. The van der Waals surface area contributed by atoms with Gasteiger partial charge in [-0.1, -0.05) is 18.5 Å². The number of hydrogen-bond donors (Lipinski definition) is 2. The van der Waals surface area contributed by atoms with Gasteiger partial charge in [-0.15, -0.1) is 11.3 Å². The fourth-order valence-corrected chi connectivity index (χ4v) is 2.33. The minimum Gasteiger partial charge on any atom is -0.480 e. The highest BCUT2D eigenvalue weighted by atomic mass is 35.5. The van der Waals surface area contributed by atoms with Gasteiger partial charge in [-0.25, -0.2) is 4.79 Å². The lowest BCUT2D eigenvalue weighted by atomic mass is 10.2. The third-order valence-electron chi connectivity index (χ3n) is 2.12. The zero-order chi connectivity index (χ0) is 12.3. The van der Waals surface area contributed by atoms with E-state index >= 15 is 0 Å². The average Bonchev–Trinajstić information content (AvgIpc) is 2.55. The van der Waals surface area contributed by atoms with Crippen LogP contribution in [0.1, 0.15) is 28.6 Å². The summed E-state index contributed by atoms with van der Waals surface area (Å²) in [4.78, 5) is 22.8. The van der Waals surface area contributed by atoms with Gasteiger partial charge in [0.1, 0.15) is 10.9 Å². The molecule has 1 aromatic rings. The Hall–Kier alpha value is -1.07. The van der Waals surface area contributed by atoms with Gasteiger partial charge >= 0.3 is 5.97 Å². The molecule has 0 bridgehead atoms. The zero-order valence-corrected chi connectivity index (χ0v) is 10.5. The normalized spacial score (nSPS) is 12.2. The fourth-order valence-electron chi connectivity index (χ4n) is 1.15. The quantitative estimate of drug-likeness (QED) is 0.874. The molecule has 0 aliphatic rings. The van der Waals surface area contributed by atoms with E-state index in [4.69, 9.17) is 16.7 Å². The smallest absolute Gasteiger partial charge is 0.326 e. The van der Waals surface area contributed by atoms with Crippen LogP contribution in [0.4, 0.5) is 0 Å². The summed E-state index contributed by atoms with van der Waals surface area (Å²) in [5.41, 5.74) is 0.820. The van der Waals surface area contributed by atoms with Crippen LogP contribution < -0.4 is 5.32 Å². The highest BCUT2D eigenvalue weighted by Crippen LogP contribution is 2.26. The number of aliphatic carboxylic acids is 1. The Morgan fingerprint density at radius 1 is 1.62 bits per heavy atom. The molecule has 0 saturated carbocycles. The van der Waals surface area contributed by atoms with E-state index in [2.05, 4.69) is 5.32 Å². The Labute approximate surface area is 102 Å². The number of aryl methyl sites for hydroxylation is 1. The molecule has 0 fully saturated rings. The van der Waals surface area contributed by atoms with Crippen molar-refractivity contribution in [3.63, 3.8) is 0 Å². The van der Waals surface area contributed by atoms with E-state index in [1.54, 1.807) is 19.2 Å². The first-order chi connectivity index (χ1) is 7.47. The van der Waals surface area contributed by atoms with Crippen molar-refractivity contribution in [2.45, 2.75) is 26.3 Å². The monoisotopic (exact) mass is 261 g/mol. The Kier molecular flexibility index (Phi) is 4.32. The van der Waals surface area contributed by atoms with E-state index in [-0.39, 0.29) is 0 Å². The van der Waals surface area contributed by atoms with Gasteiger partial charge in [-0.05, 0) is 24.3 Å². The molecule has 0 aromatic carbocycles. The molecule has 1 amide bonds. The van der Waals surface area contributed by atoms with Crippen LogP contribution in [0.5, 0.6) is 0 Å². The minimum absolute atomic E-state index is 0.336. The molecule has 0 saturated heterocycles. The third-order valence-corrected chi connectivity index (χ3v) is 3.81. The van der Waals surface area contributed by atoms with Crippen molar-refractivity contribution in [1.82, 2.24) is 5.32 Å². The van der Waals surface area contributed by atoms with Gasteiger partial charge in [0.05, 0.1) is 5.02 Å². The summed E-state index contributed by atoms with van der Waals surface area (Å²) >= 11 is 7.12. The summed E-state index contributed by atoms with van der Waals surface area (Å²) < 4.78 is 0. The Morgan fingerprint density at radius 3 is 2.62 bits per heavy atom. The van der Waals surface area contributed by atoms with Crippen LogP contribution >= 0.6 is 22.9 Å². The molecule has 0 spiro atoms. The van der Waals surface area contributed by atoms with Gasteiger partial charge in [-0.3, -0.25) is 4.79 Å². The molecule has 1 heterocycles. The first-order valence-electron chi connectivity index (χ1n) is 4.74. The highest BCUT2D eigenvalue weighted by molar-refractivity contribution is 7.13. The fraction of sp³-hybridized carbons (Fsp3) is 0.400. The third kappa shape index (κ3) is 2.74. The second kappa shape index (κ2) is 5.32. The van der Waals surface area contributed by atoms with Crippen LogP contribution in [0.25, 0.3) is 0 Å². The van der Waals surface area contributed by atoms with Crippen LogP contribution in [0.2, 0.25) is 5.02 Å². The van der Waals surface area contributed by atoms with Gasteiger partial charge in [0.2, 0.25) is 0 Å². The summed E-state index contributed by atoms with van der Waals surface area (Å²) in [5.74, 6) is -1.47. The number of rotatable bonds is 4. The van der Waals surface area contributed by atoms with Crippen LogP contribution in [-0.4, -0.2) is 23.0 Å². The summed E-state index contributed by atoms with van der Waals surface area (Å²) in [5, 5.41) is 13.4. The molecular formula is C10H12ClNO3S. The standard InChI is InChI=1S/C10H12ClNO3S/c1-3-6(10(14)15)12-9(13)8-7(11)5(2)4-16-8/h4,6H,3H2,1-2H3,(H,12,13)(H,14,15). The van der Waals surface area contributed by atoms with Gasteiger partial charge in [0.15, 0.2) is 0 Å². The molecule has 88 valence electrons. The van der Waals surface area contributed by atoms with E-state index < -0.39 is 17.9 Å². The predicted molar refractivity (Wildman–Crippen MR) is 63.2 cm³/mol. The van der Waals surface area contributed by atoms with E-state index in [0.29, 0.717) is 16.3 Å². The molecule has 1 unspecified atom stereocenters. The van der Waals surface area contributed by atoms with Crippen LogP contribution in [0, 0.1) is 6.92 Å². The molecule has 0 aliphatic carbocycles. The predicted octanol–water partition coefficient (Wildman–Crippen LogP) is 2.30. The summed E-state index contributed by atoms with van der Waals surface area (Å²) in [6.07, 6.45) is 0.336. The number of thiophene rings is 1. The largest absolute Gasteiger partial charge is 0.480 e. The van der Waals surface area contributed by atoms with E-state index in [0.717, 1.165) is 5.56 Å². The van der Waals surface area contributed by atoms with Crippen molar-refractivity contribution in [3.8, 4) is 0 Å². The molecule has 1 atom stereocenters. The second-order valence-corrected chi connectivity index (χ2v) is 4.59. The number of carbonyl (C=O) groups excluding carboxylic acids is 1. The van der Waals surface area contributed by atoms with Crippen LogP contribution in [0.3, 0.4) is 0 Å². The van der Waals surface area contributed by atoms with Gasteiger partial charge < -0.3 is 10.4 Å². The molecule has 1 aromatic heterocycles. The molecule has 1 rings (SSSR count). The summed E-state index contributed by atoms with van der Waals surface area (Å²) in [6.45, 7) is 3.49. The molecule has 2 N–H and O–H groups in total. The lowest BCUT2D eigenvalue weighted by Gasteiger charge is -2.11. The lowest BCUT2D eigenvalue weighted by Crippen LogP contribution is -2.40. The van der Waals surface area contributed by atoms with Crippen molar-refractivity contribution in [2.24, 2.45) is 0 Å². The van der Waals surface area contributed by atoms with E-state index in [9.17, 15) is 9.59 Å². The maximum atomic E-state index is 11.7. The van der Waals surface area contributed by atoms with Crippen LogP contribution in [0.15, 0.2) is 5.38 Å². The maximum Gasteiger partial charge on any atom is 0.326 e. The van der Waals surface area contributed by atoms with Crippen molar-refractivity contribution in [3.05, 3.63) is 20.8 Å². The molecule has 0 radical (unpaired) electrons. The molecule has 16 heavy (non-hydrogen) atoms. The van der Waals surface area contributed by atoms with E-state index in [1.807, 2.05) is 0 Å². The number of carboxylic acid groups (broad SMARTS) is 1. The first kappa shape index (κ1) is 13.0. The van der Waals surface area contributed by atoms with Crippen molar-refractivity contribution >= 4 is 34.8 Å². The molecular weight excluding hydrogens is 250 g/mol. The number of carboxylic acids is 1. The van der Waals surface area contributed by atoms with Gasteiger partial charge in [0.25, 0.3) is 5.91 Å². The Morgan fingerprint density at radius 2 is 2.25 bits per heavy atom. The van der Waals surface area contributed by atoms with E-state index in [1.165, 1.54) is 11.3 Å². The Bertz CT molecular complexity index is 416. The molecule has 6 heteroatoms. The number of amides is 1. The average molecular weight is 262 g/mol. The van der Waals surface area contributed by atoms with Crippen molar-refractivity contribution in [2.75, 3.05) is 0 Å². The zero-order valence-electron chi connectivity index (χ0n) is 8.91. The first-order valence-corrected chi connectivity index (χ1v) is 6.00. The minimum atomic E-state index is -1.04. The van der Waals surface area contributed by atoms with Crippen molar-refractivity contribution < 1.29 is 14.7 Å². The number of hydrogen-bond acceptors (Lipinski definition) is 3. The number of carbonyl (C=O) groups is 2. The SMILES string of the molecule is CCC(NC(=O)c1scc(C)c1Cl)C(=O)O. The Balaban J connectivity index is 2.80. The van der Waals surface area contributed by atoms with Crippen molar-refractivity contribution in [1.29, 1.82) is 0 Å². The summed E-state index contributed by atoms with van der Waals surface area (Å²) in [6, 6.07) is -0.869. The summed E-state index contributed by atoms with van der Waals surface area (Å²) in [7, 11) is 0. The number of nitrogens with one attached hydrogen (secondary N) is 1. The van der Waals surface area contributed by atoms with Crippen LogP contribution in [-0.2, 0) is 4.79 Å². The molecule has 4 nitrogen and oxygen atoms in total. The number of halogens is 1. The highest BCUT2D eigenvalue weighted by Gasteiger charge is 2.21. The van der Waals surface area contributed by atoms with Gasteiger partial charge in [-0.2, -0.15) is 0 Å². The topological polar surface area (TPSA) is 66.4 Å². The second-order valence-electron chi connectivity index (χ2n) is 3.33. The van der Waals surface area contributed by atoms with Gasteiger partial charge in [0, 0.05) is 0 Å². The molecule has 0 aliphatic heterocycles.